The number of nitrogens with two attached hydrogens (primary N) is 1. The number of rotatable bonds is 3. The molecule has 0 radical (unpaired) electrons. The van der Waals surface area contributed by atoms with Gasteiger partial charge in [0.25, 0.3) is 0 Å². The molecule has 0 amide bonds. The molecule has 0 bridgehead atoms. The van der Waals surface area contributed by atoms with Crippen molar-refractivity contribution < 1.29 is 4.74 Å². The van der Waals surface area contributed by atoms with Crippen LogP contribution in [-0.2, 0) is 0 Å². The van der Waals surface area contributed by atoms with Crippen molar-refractivity contribution >= 4 is 5.69 Å². The lowest BCUT2D eigenvalue weighted by molar-refractivity contribution is 0.241. The average Bonchev–Trinajstić information content (AvgIpc) is 2.07. The van der Waals surface area contributed by atoms with Crippen molar-refractivity contribution in [3.05, 3.63) is 23.8 Å². The topological polar surface area (TPSA) is 38.5 Å². The first-order valence-corrected chi connectivity index (χ1v) is 4.76. The Morgan fingerprint density at radius 2 is 2.00 bits per heavy atom. The Morgan fingerprint density at radius 1 is 1.36 bits per heavy atom. The zero-order valence-electron chi connectivity index (χ0n) is 9.24. The molecule has 1 aromatic carbocycles. The van der Waals surface area contributed by atoms with Crippen molar-refractivity contribution in [3.63, 3.8) is 0 Å². The summed E-state index contributed by atoms with van der Waals surface area (Å²) in [6.45, 7) is 6.05. The van der Waals surface area contributed by atoms with E-state index in [1.807, 2.05) is 46.0 Å². The Kier molecular flexibility index (Phi) is 3.36. The van der Waals surface area contributed by atoms with Crippen molar-refractivity contribution in [2.45, 2.75) is 26.9 Å². The first kappa shape index (κ1) is 10.9. The molecule has 0 spiro atoms. The van der Waals surface area contributed by atoms with Crippen molar-refractivity contribution in [2.24, 2.45) is 5.84 Å². The number of hydrazine groups is 1. The third kappa shape index (κ3) is 2.64. The second kappa shape index (κ2) is 4.33. The zero-order valence-corrected chi connectivity index (χ0v) is 9.24. The van der Waals surface area contributed by atoms with Crippen LogP contribution in [0, 0.1) is 6.92 Å². The molecule has 1 rings (SSSR count). The van der Waals surface area contributed by atoms with Crippen LogP contribution in [0.2, 0.25) is 0 Å². The Labute approximate surface area is 85.4 Å². The van der Waals surface area contributed by atoms with Crippen LogP contribution in [0.25, 0.3) is 0 Å². The standard InChI is InChI=1S/C11H18N2O/c1-8(2)14-11-6-5-10(13(4)12)7-9(11)3/h5-8H,12H2,1-4H3. The van der Waals surface area contributed by atoms with Gasteiger partial charge in [-0.1, -0.05) is 0 Å². The molecule has 0 atom stereocenters. The minimum Gasteiger partial charge on any atom is -0.491 e. The molecular formula is C11H18N2O. The van der Waals surface area contributed by atoms with Gasteiger partial charge in [0.1, 0.15) is 5.75 Å². The highest BCUT2D eigenvalue weighted by Gasteiger charge is 2.04. The Hall–Kier alpha value is -1.22. The van der Waals surface area contributed by atoms with Crippen molar-refractivity contribution in [1.82, 2.24) is 0 Å². The van der Waals surface area contributed by atoms with Gasteiger partial charge in [-0.05, 0) is 44.5 Å². The SMILES string of the molecule is Cc1cc(N(C)N)ccc1OC(C)C. The molecule has 2 N–H and O–H groups in total. The molecule has 0 saturated heterocycles. The highest BCUT2D eigenvalue weighted by atomic mass is 16.5. The second-order valence-electron chi connectivity index (χ2n) is 3.73. The first-order chi connectivity index (χ1) is 6.50. The summed E-state index contributed by atoms with van der Waals surface area (Å²) in [6, 6.07) is 5.91. The van der Waals surface area contributed by atoms with E-state index >= 15 is 0 Å². The molecule has 0 saturated carbocycles. The van der Waals surface area contributed by atoms with E-state index in [0.29, 0.717) is 0 Å². The van der Waals surface area contributed by atoms with Crippen LogP contribution in [0.15, 0.2) is 18.2 Å². The smallest absolute Gasteiger partial charge is 0.122 e. The lowest BCUT2D eigenvalue weighted by Gasteiger charge is -2.16. The number of nitrogens with zero attached hydrogens (tertiary/aromatic N) is 1. The number of hydrogen-bond acceptors (Lipinski definition) is 3. The van der Waals surface area contributed by atoms with Gasteiger partial charge in [0.2, 0.25) is 0 Å². The molecule has 14 heavy (non-hydrogen) atoms. The molecule has 0 unspecified atom stereocenters. The molecule has 78 valence electrons. The van der Waals surface area contributed by atoms with E-state index in [1.54, 1.807) is 5.01 Å². The molecule has 0 aromatic heterocycles. The monoisotopic (exact) mass is 194 g/mol. The van der Waals surface area contributed by atoms with Crippen molar-refractivity contribution in [3.8, 4) is 5.75 Å². The highest BCUT2D eigenvalue weighted by Crippen LogP contribution is 2.23. The van der Waals surface area contributed by atoms with E-state index in [2.05, 4.69) is 0 Å². The number of benzene rings is 1. The quantitative estimate of drug-likeness (QED) is 0.591. The van der Waals surface area contributed by atoms with Crippen LogP contribution >= 0.6 is 0 Å². The Bertz CT molecular complexity index is 308. The first-order valence-electron chi connectivity index (χ1n) is 4.76. The summed E-state index contributed by atoms with van der Waals surface area (Å²) in [5, 5.41) is 1.59. The van der Waals surface area contributed by atoms with Crippen LogP contribution in [0.4, 0.5) is 5.69 Å². The number of anilines is 1. The van der Waals surface area contributed by atoms with E-state index in [0.717, 1.165) is 17.0 Å². The predicted molar refractivity (Wildman–Crippen MR) is 59.5 cm³/mol. The Morgan fingerprint density at radius 3 is 2.43 bits per heavy atom. The molecule has 0 heterocycles. The molecule has 0 aliphatic rings. The number of aryl methyl sites for hydroxylation is 1. The van der Waals surface area contributed by atoms with Gasteiger partial charge in [0.15, 0.2) is 0 Å². The van der Waals surface area contributed by atoms with Crippen molar-refractivity contribution in [1.29, 1.82) is 0 Å². The van der Waals surface area contributed by atoms with Crippen LogP contribution in [-0.4, -0.2) is 13.2 Å². The summed E-state index contributed by atoms with van der Waals surface area (Å²) < 4.78 is 5.62. The molecule has 1 aromatic rings. The Balaban J connectivity index is 2.90. The van der Waals surface area contributed by atoms with Gasteiger partial charge < -0.3 is 9.75 Å². The van der Waals surface area contributed by atoms with E-state index in [-0.39, 0.29) is 6.10 Å². The second-order valence-corrected chi connectivity index (χ2v) is 3.73. The summed E-state index contributed by atoms with van der Waals surface area (Å²) in [5.74, 6) is 6.55. The maximum Gasteiger partial charge on any atom is 0.122 e. The molecule has 3 nitrogen and oxygen atoms in total. The van der Waals surface area contributed by atoms with Crippen molar-refractivity contribution in [2.75, 3.05) is 12.1 Å². The number of hydrogen-bond donors (Lipinski definition) is 1. The van der Waals surface area contributed by atoms with Gasteiger partial charge in [-0.3, -0.25) is 0 Å². The number of ether oxygens (including phenoxy) is 1. The predicted octanol–water partition coefficient (Wildman–Crippen LogP) is 2.09. The van der Waals surface area contributed by atoms with Gasteiger partial charge in [0.05, 0.1) is 11.8 Å². The minimum atomic E-state index is 0.204. The molecule has 3 heteroatoms. The lowest BCUT2D eigenvalue weighted by atomic mass is 10.2. The van der Waals surface area contributed by atoms with E-state index in [4.69, 9.17) is 10.6 Å². The fraction of sp³-hybridized carbons (Fsp3) is 0.455. The van der Waals surface area contributed by atoms with Gasteiger partial charge in [-0.25, -0.2) is 5.84 Å². The van der Waals surface area contributed by atoms with Gasteiger partial charge in [-0.15, -0.1) is 0 Å². The maximum atomic E-state index is 5.63. The van der Waals surface area contributed by atoms with Crippen LogP contribution in [0.5, 0.6) is 5.75 Å². The molecular weight excluding hydrogens is 176 g/mol. The van der Waals surface area contributed by atoms with Gasteiger partial charge >= 0.3 is 0 Å². The van der Waals surface area contributed by atoms with Crippen LogP contribution < -0.4 is 15.6 Å². The fourth-order valence-corrected chi connectivity index (χ4v) is 1.24. The van der Waals surface area contributed by atoms with E-state index in [1.165, 1.54) is 0 Å². The third-order valence-electron chi connectivity index (χ3n) is 1.93. The fourth-order valence-electron chi connectivity index (χ4n) is 1.24. The largest absolute Gasteiger partial charge is 0.491 e. The molecule has 0 aliphatic heterocycles. The van der Waals surface area contributed by atoms with Gasteiger partial charge in [0, 0.05) is 7.05 Å². The van der Waals surface area contributed by atoms with E-state index in [9.17, 15) is 0 Å². The maximum absolute atomic E-state index is 5.63. The minimum absolute atomic E-state index is 0.204. The molecule has 0 aliphatic carbocycles. The lowest BCUT2D eigenvalue weighted by Crippen LogP contribution is -2.25. The normalized spacial score (nSPS) is 10.4. The van der Waals surface area contributed by atoms with Crippen LogP contribution in [0.1, 0.15) is 19.4 Å². The van der Waals surface area contributed by atoms with E-state index < -0.39 is 0 Å². The summed E-state index contributed by atoms with van der Waals surface area (Å²) in [6.07, 6.45) is 0.204. The summed E-state index contributed by atoms with van der Waals surface area (Å²) >= 11 is 0. The average molecular weight is 194 g/mol. The van der Waals surface area contributed by atoms with Gasteiger partial charge in [-0.2, -0.15) is 0 Å². The summed E-state index contributed by atoms with van der Waals surface area (Å²) in [7, 11) is 1.82. The summed E-state index contributed by atoms with van der Waals surface area (Å²) in [4.78, 5) is 0. The summed E-state index contributed by atoms with van der Waals surface area (Å²) in [5.41, 5.74) is 2.09. The van der Waals surface area contributed by atoms with Crippen LogP contribution in [0.3, 0.4) is 0 Å². The third-order valence-corrected chi connectivity index (χ3v) is 1.93. The molecule has 0 fully saturated rings. The zero-order chi connectivity index (χ0) is 10.7. The highest BCUT2D eigenvalue weighted by molar-refractivity contribution is 5.51.